The lowest BCUT2D eigenvalue weighted by Gasteiger charge is -2.15. The first kappa shape index (κ1) is 17.7. The minimum Gasteiger partial charge on any atom is -0.464 e. The Morgan fingerprint density at radius 2 is 2.22 bits per heavy atom. The van der Waals surface area contributed by atoms with E-state index in [9.17, 15) is 18.4 Å². The van der Waals surface area contributed by atoms with Crippen molar-refractivity contribution in [3.8, 4) is 0 Å². The van der Waals surface area contributed by atoms with Crippen molar-refractivity contribution in [2.24, 2.45) is 0 Å². The van der Waals surface area contributed by atoms with E-state index in [0.29, 0.717) is 5.69 Å². The smallest absolute Gasteiger partial charge is 0.329 e. The Kier molecular flexibility index (Phi) is 5.97. The van der Waals surface area contributed by atoms with Gasteiger partial charge in [-0.25, -0.2) is 13.6 Å². The molecule has 0 spiro atoms. The molecule has 128 valence electrons. The van der Waals surface area contributed by atoms with E-state index in [1.165, 1.54) is 6.07 Å². The number of carbonyl (C=O) groups excluding carboxylic acids is 2. The Morgan fingerprint density at radius 1 is 1.52 bits per heavy atom. The summed E-state index contributed by atoms with van der Waals surface area (Å²) in [5.74, 6) is -0.936. The minimum absolute atomic E-state index is 0.0543. The molecule has 1 heterocycles. The zero-order valence-electron chi connectivity index (χ0n) is 12.7. The van der Waals surface area contributed by atoms with Gasteiger partial charge in [-0.2, -0.15) is 17.7 Å². The molecule has 23 heavy (non-hydrogen) atoms. The van der Waals surface area contributed by atoms with E-state index in [1.54, 1.807) is 6.92 Å². The van der Waals surface area contributed by atoms with Crippen molar-refractivity contribution >= 4 is 24.5 Å². The number of nitrogens with one attached hydrogen (secondary N) is 1. The van der Waals surface area contributed by atoms with Crippen LogP contribution in [0.15, 0.2) is 6.07 Å². The molecule has 1 aromatic rings. The van der Waals surface area contributed by atoms with E-state index in [0.717, 1.165) is 17.5 Å². The lowest BCUT2D eigenvalue weighted by atomic mass is 10.3. The molecule has 0 bridgehead atoms. The van der Waals surface area contributed by atoms with Crippen LogP contribution in [0.25, 0.3) is 0 Å². The monoisotopic (exact) mass is 347 g/mol. The molecule has 2 rings (SSSR count). The SMILES string of the molecule is CCOC(=O)[C@H](CS)NC(=O)Cn1nc(C2CC2)cc1C(F)F. The second kappa shape index (κ2) is 7.76. The van der Waals surface area contributed by atoms with Gasteiger partial charge in [0.05, 0.1) is 12.3 Å². The third kappa shape index (κ3) is 4.66. The maximum Gasteiger partial charge on any atom is 0.329 e. The van der Waals surface area contributed by atoms with Gasteiger partial charge >= 0.3 is 5.97 Å². The van der Waals surface area contributed by atoms with Crippen LogP contribution in [0.2, 0.25) is 0 Å². The largest absolute Gasteiger partial charge is 0.464 e. The number of aromatic nitrogens is 2. The van der Waals surface area contributed by atoms with E-state index >= 15 is 0 Å². The van der Waals surface area contributed by atoms with Crippen LogP contribution in [0.5, 0.6) is 0 Å². The number of hydrogen-bond acceptors (Lipinski definition) is 5. The van der Waals surface area contributed by atoms with Crippen molar-refractivity contribution in [1.82, 2.24) is 15.1 Å². The van der Waals surface area contributed by atoms with Crippen LogP contribution in [0.4, 0.5) is 8.78 Å². The van der Waals surface area contributed by atoms with Crippen LogP contribution in [0.3, 0.4) is 0 Å². The number of amides is 1. The van der Waals surface area contributed by atoms with Crippen LogP contribution in [-0.4, -0.2) is 40.1 Å². The molecule has 0 radical (unpaired) electrons. The lowest BCUT2D eigenvalue weighted by molar-refractivity contribution is -0.146. The first-order chi connectivity index (χ1) is 11.0. The normalized spacial score (nSPS) is 15.5. The Balaban J connectivity index is 2.02. The summed E-state index contributed by atoms with van der Waals surface area (Å²) < 4.78 is 31.9. The van der Waals surface area contributed by atoms with E-state index in [2.05, 4.69) is 23.0 Å². The van der Waals surface area contributed by atoms with E-state index in [1.807, 2.05) is 0 Å². The highest BCUT2D eigenvalue weighted by atomic mass is 32.1. The highest BCUT2D eigenvalue weighted by molar-refractivity contribution is 7.80. The zero-order valence-corrected chi connectivity index (χ0v) is 13.6. The second-order valence-corrected chi connectivity index (χ2v) is 5.65. The number of alkyl halides is 2. The average molecular weight is 347 g/mol. The summed E-state index contributed by atoms with van der Waals surface area (Å²) in [6.07, 6.45) is -0.860. The molecule has 1 aliphatic rings. The van der Waals surface area contributed by atoms with E-state index < -0.39 is 24.3 Å². The van der Waals surface area contributed by atoms with Crippen LogP contribution in [0.1, 0.15) is 43.5 Å². The Hall–Kier alpha value is -1.64. The number of rotatable bonds is 8. The number of halogens is 2. The van der Waals surface area contributed by atoms with Crippen LogP contribution in [-0.2, 0) is 20.9 Å². The highest BCUT2D eigenvalue weighted by Gasteiger charge is 2.30. The molecule has 0 aliphatic heterocycles. The summed E-state index contributed by atoms with van der Waals surface area (Å²) in [4.78, 5) is 23.6. The first-order valence-corrected chi connectivity index (χ1v) is 8.02. The van der Waals surface area contributed by atoms with Crippen LogP contribution >= 0.6 is 12.6 Å². The molecule has 0 aromatic carbocycles. The zero-order chi connectivity index (χ0) is 17.0. The first-order valence-electron chi connectivity index (χ1n) is 7.38. The summed E-state index contributed by atoms with van der Waals surface area (Å²) in [5, 5.41) is 6.51. The molecule has 0 unspecified atom stereocenters. The molecule has 1 aromatic heterocycles. The second-order valence-electron chi connectivity index (χ2n) is 5.28. The fourth-order valence-corrected chi connectivity index (χ4v) is 2.37. The van der Waals surface area contributed by atoms with Gasteiger partial charge in [0, 0.05) is 11.7 Å². The van der Waals surface area contributed by atoms with Gasteiger partial charge in [-0.15, -0.1) is 0 Å². The van der Waals surface area contributed by atoms with Gasteiger partial charge in [0.15, 0.2) is 0 Å². The quantitative estimate of drug-likeness (QED) is 0.554. The topological polar surface area (TPSA) is 73.2 Å². The molecule has 0 saturated heterocycles. The summed E-state index contributed by atoms with van der Waals surface area (Å²) in [7, 11) is 0. The maximum atomic E-state index is 13.1. The number of ether oxygens (including phenoxy) is 1. The van der Waals surface area contributed by atoms with Crippen molar-refractivity contribution in [3.05, 3.63) is 17.5 Å². The molecule has 1 aliphatic carbocycles. The molecule has 9 heteroatoms. The van der Waals surface area contributed by atoms with Crippen LogP contribution < -0.4 is 5.32 Å². The van der Waals surface area contributed by atoms with Crippen molar-refractivity contribution in [2.45, 2.75) is 44.7 Å². The average Bonchev–Trinajstić information content (AvgIpc) is 3.26. The minimum atomic E-state index is -2.71. The fraction of sp³-hybridized carbons (Fsp3) is 0.643. The molecular weight excluding hydrogens is 328 g/mol. The summed E-state index contributed by atoms with van der Waals surface area (Å²) in [5.41, 5.74) is 0.296. The van der Waals surface area contributed by atoms with Crippen molar-refractivity contribution < 1.29 is 23.1 Å². The Morgan fingerprint density at radius 3 is 2.74 bits per heavy atom. The Labute approximate surface area is 138 Å². The predicted molar refractivity (Wildman–Crippen MR) is 81.6 cm³/mol. The third-order valence-electron chi connectivity index (χ3n) is 3.43. The van der Waals surface area contributed by atoms with Gasteiger partial charge in [-0.1, -0.05) is 0 Å². The maximum absolute atomic E-state index is 13.1. The van der Waals surface area contributed by atoms with Gasteiger partial charge in [-0.3, -0.25) is 9.48 Å². The molecule has 1 amide bonds. The number of thiol groups is 1. The van der Waals surface area contributed by atoms with Gasteiger partial charge in [-0.05, 0) is 25.8 Å². The van der Waals surface area contributed by atoms with Crippen molar-refractivity contribution in [1.29, 1.82) is 0 Å². The third-order valence-corrected chi connectivity index (χ3v) is 3.80. The number of hydrogen-bond donors (Lipinski definition) is 2. The lowest BCUT2D eigenvalue weighted by Crippen LogP contribution is -2.44. The van der Waals surface area contributed by atoms with E-state index in [4.69, 9.17) is 4.74 Å². The van der Waals surface area contributed by atoms with Crippen molar-refractivity contribution in [3.63, 3.8) is 0 Å². The summed E-state index contributed by atoms with van der Waals surface area (Å²) in [6, 6.07) is 0.427. The molecule has 1 N–H and O–H groups in total. The number of carbonyl (C=O) groups is 2. The predicted octanol–water partition coefficient (Wildman–Crippen LogP) is 1.68. The van der Waals surface area contributed by atoms with Gasteiger partial charge in [0.1, 0.15) is 18.3 Å². The molecule has 6 nitrogen and oxygen atoms in total. The fourth-order valence-electron chi connectivity index (χ4n) is 2.13. The molecule has 1 fully saturated rings. The molecular formula is C14H19F2N3O3S. The summed E-state index contributed by atoms with van der Waals surface area (Å²) >= 11 is 3.98. The highest BCUT2D eigenvalue weighted by Crippen LogP contribution is 2.40. The van der Waals surface area contributed by atoms with Gasteiger partial charge < -0.3 is 10.1 Å². The van der Waals surface area contributed by atoms with Gasteiger partial charge in [0.25, 0.3) is 6.43 Å². The molecule has 1 atom stereocenters. The molecule has 1 saturated carbocycles. The summed E-state index contributed by atoms with van der Waals surface area (Å²) in [6.45, 7) is 1.45. The number of nitrogens with zero attached hydrogens (tertiary/aromatic N) is 2. The Bertz CT molecular complexity index is 576. The standard InChI is InChI=1S/C14H19F2N3O3S/c1-2-22-14(21)10(7-23)17-12(20)6-19-11(13(15)16)5-9(18-19)8-3-4-8/h5,8,10,13,23H,2-4,6-7H2,1H3,(H,17,20)/t10-/m0/s1. The van der Waals surface area contributed by atoms with E-state index in [-0.39, 0.29) is 30.5 Å². The van der Waals surface area contributed by atoms with Crippen LogP contribution in [0, 0.1) is 0 Å². The van der Waals surface area contributed by atoms with Gasteiger partial charge in [0.2, 0.25) is 5.91 Å². The number of esters is 1. The van der Waals surface area contributed by atoms with Crippen molar-refractivity contribution in [2.75, 3.05) is 12.4 Å².